The second kappa shape index (κ2) is 5.20. The number of hydrogen-bond acceptors (Lipinski definition) is 3. The van der Waals surface area contributed by atoms with Crippen molar-refractivity contribution in [2.45, 2.75) is 27.0 Å². The van der Waals surface area contributed by atoms with E-state index in [0.717, 1.165) is 0 Å². The summed E-state index contributed by atoms with van der Waals surface area (Å²) < 4.78 is 67.8. The fraction of sp³-hybridized carbons (Fsp3) is 0.200. The van der Waals surface area contributed by atoms with Crippen LogP contribution in [0.15, 0.2) is 47.0 Å². The Morgan fingerprint density at radius 1 is 1.17 bits per heavy atom. The lowest BCUT2D eigenvalue weighted by molar-refractivity contribution is 0.653. The molecule has 0 saturated carbocycles. The van der Waals surface area contributed by atoms with Crippen LogP contribution in [-0.2, 0) is 6.37 Å². The highest BCUT2D eigenvalue weighted by molar-refractivity contribution is 6.08. The molecule has 1 aromatic carbocycles. The molecule has 23 heavy (non-hydrogen) atoms. The summed E-state index contributed by atoms with van der Waals surface area (Å²) in [6.07, 6.45) is -0.731. The second-order valence-corrected chi connectivity index (χ2v) is 5.20. The first-order chi connectivity index (χ1) is 14.3. The molecule has 0 atom stereocenters. The Balaban J connectivity index is 1.96. The van der Waals surface area contributed by atoms with Crippen LogP contribution >= 0.6 is 0 Å². The number of aryl methyl sites for hydroxylation is 3. The van der Waals surface area contributed by atoms with Crippen molar-refractivity contribution in [1.29, 1.82) is 0 Å². The number of para-hydroxylation sites is 1. The fourth-order valence-corrected chi connectivity index (χ4v) is 2.69. The predicted molar refractivity (Wildman–Crippen MR) is 93.6 cm³/mol. The van der Waals surface area contributed by atoms with Crippen LogP contribution in [0.2, 0.25) is 0 Å². The third-order valence-electron chi connectivity index (χ3n) is 3.81. The van der Waals surface area contributed by atoms with Crippen LogP contribution in [0, 0.1) is 13.7 Å². The van der Waals surface area contributed by atoms with Crippen molar-refractivity contribution in [3.05, 3.63) is 59.4 Å². The van der Waals surface area contributed by atoms with Gasteiger partial charge in [0.2, 0.25) is 5.71 Å². The summed E-state index contributed by atoms with van der Waals surface area (Å²) in [4.78, 5) is 8.41. The number of rotatable bonds is 2. The van der Waals surface area contributed by atoms with Gasteiger partial charge in [-0.25, -0.2) is 4.98 Å². The molecule has 3 heteroatoms. The van der Waals surface area contributed by atoms with Gasteiger partial charge in [0.1, 0.15) is 5.58 Å². The van der Waals surface area contributed by atoms with E-state index in [0.29, 0.717) is 27.6 Å². The average molecular weight is 310 g/mol. The van der Waals surface area contributed by atoms with E-state index in [2.05, 4.69) is 9.97 Å². The summed E-state index contributed by atoms with van der Waals surface area (Å²) in [5, 5.41) is 1.33. The van der Waals surface area contributed by atoms with Crippen LogP contribution in [0.25, 0.3) is 33.3 Å². The molecule has 0 aliphatic heterocycles. The van der Waals surface area contributed by atoms with Crippen LogP contribution in [0.4, 0.5) is 0 Å². The first-order valence-corrected chi connectivity index (χ1v) is 7.11. The van der Waals surface area contributed by atoms with E-state index >= 15 is 0 Å². The van der Waals surface area contributed by atoms with Crippen molar-refractivity contribution < 1.29 is 15.4 Å². The summed E-state index contributed by atoms with van der Waals surface area (Å²) in [7, 11) is 0. The Morgan fingerprint density at radius 3 is 2.96 bits per heavy atom. The minimum absolute atomic E-state index is 0.0217. The Labute approximate surface area is 146 Å². The summed E-state index contributed by atoms with van der Waals surface area (Å²) >= 11 is 0. The zero-order valence-electron chi connectivity index (χ0n) is 20.3. The molecule has 114 valence electrons. The number of furan rings is 1. The standard InChI is InChI=1S/C20H18N2O/c1-4-14-10-18(21-11-12(14)2)17-7-5-6-15-16-9-8-13(3)22-20(16)23-19(15)17/h5-11H,4H2,1-3H3/i2D3,3D3,4D2. The molecular formula is C20H18N2O. The number of aromatic nitrogens is 2. The van der Waals surface area contributed by atoms with E-state index in [1.54, 1.807) is 24.3 Å². The van der Waals surface area contributed by atoms with Gasteiger partial charge >= 0.3 is 0 Å². The molecule has 0 bridgehead atoms. The Kier molecular flexibility index (Phi) is 1.75. The quantitative estimate of drug-likeness (QED) is 0.509. The van der Waals surface area contributed by atoms with Crippen molar-refractivity contribution in [1.82, 2.24) is 9.97 Å². The van der Waals surface area contributed by atoms with Crippen LogP contribution in [0.5, 0.6) is 0 Å². The number of hydrogen-bond donors (Lipinski definition) is 0. The van der Waals surface area contributed by atoms with Gasteiger partial charge in [0.05, 0.1) is 5.69 Å². The van der Waals surface area contributed by atoms with E-state index < -0.39 is 20.1 Å². The largest absolute Gasteiger partial charge is 0.437 e. The van der Waals surface area contributed by atoms with Crippen molar-refractivity contribution in [3.8, 4) is 11.3 Å². The summed E-state index contributed by atoms with van der Waals surface area (Å²) in [5.74, 6) is 0. The zero-order chi connectivity index (χ0) is 22.8. The minimum atomic E-state index is -2.51. The molecule has 4 rings (SSSR count). The molecule has 0 fully saturated rings. The number of fused-ring (bicyclic) bond motifs is 3. The lowest BCUT2D eigenvalue weighted by Crippen LogP contribution is -1.91. The topological polar surface area (TPSA) is 38.9 Å². The van der Waals surface area contributed by atoms with Crippen molar-refractivity contribution >= 4 is 22.1 Å². The Hall–Kier alpha value is -2.68. The van der Waals surface area contributed by atoms with Gasteiger partial charge in [-0.15, -0.1) is 0 Å². The second-order valence-electron chi connectivity index (χ2n) is 5.20. The van der Waals surface area contributed by atoms with Gasteiger partial charge in [-0.05, 0) is 55.5 Å². The maximum atomic E-state index is 8.09. The lowest BCUT2D eigenvalue weighted by atomic mass is 10.0. The van der Waals surface area contributed by atoms with Crippen molar-refractivity contribution in [2.24, 2.45) is 0 Å². The number of nitrogens with zero attached hydrogens (tertiary/aromatic N) is 2. The summed E-state index contributed by atoms with van der Waals surface area (Å²) in [6.45, 7) is -3.58. The van der Waals surface area contributed by atoms with E-state index in [1.807, 2.05) is 0 Å². The highest BCUT2D eigenvalue weighted by atomic mass is 16.3. The smallest absolute Gasteiger partial charge is 0.227 e. The number of benzene rings is 1. The van der Waals surface area contributed by atoms with Crippen molar-refractivity contribution in [3.63, 3.8) is 0 Å². The minimum Gasteiger partial charge on any atom is -0.437 e. The SMILES string of the molecule is [2H]C([2H])([2H])c1ccc2c(n1)oc1c(-c3cc(C([2H])([2H])C)c(C([2H])([2H])[2H])cn3)cccc12. The molecule has 4 aromatic rings. The van der Waals surface area contributed by atoms with E-state index in [9.17, 15) is 0 Å². The highest BCUT2D eigenvalue weighted by Crippen LogP contribution is 2.34. The van der Waals surface area contributed by atoms with Gasteiger partial charge < -0.3 is 4.42 Å². The van der Waals surface area contributed by atoms with E-state index in [4.69, 9.17) is 15.4 Å². The predicted octanol–water partition coefficient (Wildman–Crippen LogP) is 5.22. The molecule has 0 unspecified atom stereocenters. The van der Waals surface area contributed by atoms with Crippen LogP contribution in [0.3, 0.4) is 0 Å². The van der Waals surface area contributed by atoms with Gasteiger partial charge in [-0.3, -0.25) is 4.98 Å². The van der Waals surface area contributed by atoms with Crippen LogP contribution in [-0.4, -0.2) is 9.97 Å². The van der Waals surface area contributed by atoms with E-state index in [1.165, 1.54) is 25.3 Å². The Bertz CT molecular complexity index is 1300. The highest BCUT2D eigenvalue weighted by Gasteiger charge is 2.14. The first kappa shape index (κ1) is 7.73. The third-order valence-corrected chi connectivity index (χ3v) is 3.81. The zero-order valence-corrected chi connectivity index (χ0v) is 12.3. The van der Waals surface area contributed by atoms with Gasteiger partial charge in [0.15, 0.2) is 0 Å². The van der Waals surface area contributed by atoms with E-state index in [-0.39, 0.29) is 22.5 Å². The molecular weight excluding hydrogens is 284 g/mol. The maximum absolute atomic E-state index is 8.09. The summed E-state index contributed by atoms with van der Waals surface area (Å²) in [5.41, 5.74) is 1.23. The lowest BCUT2D eigenvalue weighted by Gasteiger charge is -2.06. The van der Waals surface area contributed by atoms with Gasteiger partial charge in [0, 0.05) is 39.2 Å². The molecule has 0 saturated heterocycles. The third kappa shape index (κ3) is 2.20. The summed E-state index contributed by atoms with van der Waals surface area (Å²) in [6, 6.07) is 9.79. The van der Waals surface area contributed by atoms with Crippen LogP contribution in [0.1, 0.15) is 34.7 Å². The van der Waals surface area contributed by atoms with Crippen molar-refractivity contribution in [2.75, 3.05) is 0 Å². The normalized spacial score (nSPS) is 18.3. The van der Waals surface area contributed by atoms with Gasteiger partial charge in [-0.1, -0.05) is 19.1 Å². The fourth-order valence-electron chi connectivity index (χ4n) is 2.69. The molecule has 3 heterocycles. The van der Waals surface area contributed by atoms with Gasteiger partial charge in [0.25, 0.3) is 0 Å². The monoisotopic (exact) mass is 310 g/mol. The number of pyridine rings is 2. The maximum Gasteiger partial charge on any atom is 0.227 e. The Morgan fingerprint density at radius 2 is 2.13 bits per heavy atom. The molecule has 3 nitrogen and oxygen atoms in total. The molecule has 0 amide bonds. The molecule has 0 aliphatic carbocycles. The molecule has 0 radical (unpaired) electrons. The molecule has 0 spiro atoms. The van der Waals surface area contributed by atoms with Crippen LogP contribution < -0.4 is 0 Å². The average Bonchev–Trinajstić information content (AvgIpc) is 3.03. The molecule has 0 N–H and O–H groups in total. The molecule has 0 aliphatic rings. The van der Waals surface area contributed by atoms with Gasteiger partial charge in [-0.2, -0.15) is 0 Å². The first-order valence-electron chi connectivity index (χ1n) is 11.1. The molecule has 3 aromatic heterocycles.